The molecule has 1 heterocycles. The lowest BCUT2D eigenvalue weighted by atomic mass is 10.1. The van der Waals surface area contributed by atoms with E-state index in [1.54, 1.807) is 7.11 Å². The second-order valence-corrected chi connectivity index (χ2v) is 5.89. The first-order chi connectivity index (χ1) is 11.1. The second-order valence-electron chi connectivity index (χ2n) is 5.89. The summed E-state index contributed by atoms with van der Waals surface area (Å²) in [6.45, 7) is 4.13. The van der Waals surface area contributed by atoms with Gasteiger partial charge in [-0.2, -0.15) is 0 Å². The number of likely N-dealkylation sites (tertiary alicyclic amines) is 1. The smallest absolute Gasteiger partial charge is 0.234 e. The van der Waals surface area contributed by atoms with E-state index in [0.29, 0.717) is 13.1 Å². The molecule has 0 bridgehead atoms. The second kappa shape index (κ2) is 8.64. The van der Waals surface area contributed by atoms with Crippen LogP contribution in [0.15, 0.2) is 24.3 Å². The molecule has 1 aromatic rings. The van der Waals surface area contributed by atoms with Gasteiger partial charge in [-0.05, 0) is 37.1 Å². The van der Waals surface area contributed by atoms with Crippen molar-refractivity contribution in [3.8, 4) is 0 Å². The average Bonchev–Trinajstić information content (AvgIpc) is 2.54. The van der Waals surface area contributed by atoms with E-state index in [1.807, 2.05) is 24.3 Å². The molecule has 0 radical (unpaired) electrons. The van der Waals surface area contributed by atoms with Crippen molar-refractivity contribution in [2.75, 3.05) is 32.1 Å². The number of nitrogens with one attached hydrogen (secondary N) is 2. The Morgan fingerprint density at radius 2 is 2.04 bits per heavy atom. The molecule has 0 aromatic heterocycles. The minimum Gasteiger partial charge on any atom is -0.380 e. The number of piperidine rings is 1. The molecule has 6 nitrogen and oxygen atoms in total. The molecule has 2 amide bonds. The van der Waals surface area contributed by atoms with E-state index in [1.165, 1.54) is 6.92 Å². The van der Waals surface area contributed by atoms with Gasteiger partial charge in [-0.1, -0.05) is 12.1 Å². The molecule has 2 N–H and O–H groups in total. The number of carbonyl (C=O) groups is 2. The molecule has 2 rings (SSSR count). The zero-order valence-corrected chi connectivity index (χ0v) is 13.8. The Balaban J connectivity index is 1.74. The Bertz CT molecular complexity index is 530. The van der Waals surface area contributed by atoms with Gasteiger partial charge in [0.25, 0.3) is 0 Å². The lowest BCUT2D eigenvalue weighted by Crippen LogP contribution is -2.44. The third-order valence-corrected chi connectivity index (χ3v) is 3.93. The Kier molecular flexibility index (Phi) is 6.55. The van der Waals surface area contributed by atoms with Gasteiger partial charge in [-0.3, -0.25) is 14.5 Å². The van der Waals surface area contributed by atoms with Gasteiger partial charge < -0.3 is 15.4 Å². The Morgan fingerprint density at radius 3 is 2.70 bits per heavy atom. The number of carbonyl (C=O) groups excluding carboxylic acids is 2. The highest BCUT2D eigenvalue weighted by atomic mass is 16.5. The van der Waals surface area contributed by atoms with E-state index in [9.17, 15) is 9.59 Å². The van der Waals surface area contributed by atoms with Crippen LogP contribution in [0.25, 0.3) is 0 Å². The summed E-state index contributed by atoms with van der Waals surface area (Å²) in [5, 5.41) is 5.65. The molecule has 1 saturated heterocycles. The standard InChI is InChI=1S/C17H25N3O3/c1-13(21)19-15-7-5-14(6-8-15)10-18-17(22)12-20-9-3-4-16(11-20)23-2/h5-8,16H,3-4,9-12H2,1-2H3,(H,18,22)(H,19,21). The molecule has 0 aliphatic carbocycles. The van der Waals surface area contributed by atoms with Crippen LogP contribution in [0, 0.1) is 0 Å². The lowest BCUT2D eigenvalue weighted by Gasteiger charge is -2.31. The van der Waals surface area contributed by atoms with Crippen molar-refractivity contribution in [2.45, 2.75) is 32.4 Å². The number of methoxy groups -OCH3 is 1. The third-order valence-electron chi connectivity index (χ3n) is 3.93. The van der Waals surface area contributed by atoms with Crippen molar-refractivity contribution in [3.63, 3.8) is 0 Å². The minimum absolute atomic E-state index is 0.0210. The van der Waals surface area contributed by atoms with Gasteiger partial charge >= 0.3 is 0 Å². The van der Waals surface area contributed by atoms with E-state index in [2.05, 4.69) is 15.5 Å². The molecule has 1 fully saturated rings. The van der Waals surface area contributed by atoms with Gasteiger partial charge in [0.2, 0.25) is 11.8 Å². The monoisotopic (exact) mass is 319 g/mol. The van der Waals surface area contributed by atoms with Crippen LogP contribution in [0.1, 0.15) is 25.3 Å². The molecule has 126 valence electrons. The van der Waals surface area contributed by atoms with E-state index < -0.39 is 0 Å². The summed E-state index contributed by atoms with van der Waals surface area (Å²) in [7, 11) is 1.72. The van der Waals surface area contributed by atoms with Gasteiger partial charge in [-0.25, -0.2) is 0 Å². The number of nitrogens with zero attached hydrogens (tertiary/aromatic N) is 1. The maximum Gasteiger partial charge on any atom is 0.234 e. The van der Waals surface area contributed by atoms with Crippen molar-refractivity contribution >= 4 is 17.5 Å². The summed E-state index contributed by atoms with van der Waals surface area (Å²) in [4.78, 5) is 25.1. The number of hydrogen-bond donors (Lipinski definition) is 2. The van der Waals surface area contributed by atoms with Gasteiger partial charge in [0.15, 0.2) is 0 Å². The van der Waals surface area contributed by atoms with Gasteiger partial charge in [0.1, 0.15) is 0 Å². The molecule has 6 heteroatoms. The summed E-state index contributed by atoms with van der Waals surface area (Å²) < 4.78 is 5.37. The van der Waals surface area contributed by atoms with Crippen LogP contribution in [-0.2, 0) is 20.9 Å². The first-order valence-corrected chi connectivity index (χ1v) is 7.95. The molecule has 23 heavy (non-hydrogen) atoms. The number of amides is 2. The largest absolute Gasteiger partial charge is 0.380 e. The quantitative estimate of drug-likeness (QED) is 0.831. The molecule has 0 saturated carbocycles. The lowest BCUT2D eigenvalue weighted by molar-refractivity contribution is -0.123. The highest BCUT2D eigenvalue weighted by Crippen LogP contribution is 2.12. The third kappa shape index (κ3) is 6.00. The van der Waals surface area contributed by atoms with Crippen LogP contribution in [0.2, 0.25) is 0 Å². The van der Waals surface area contributed by atoms with Crippen LogP contribution in [0.3, 0.4) is 0 Å². The van der Waals surface area contributed by atoms with Crippen LogP contribution in [0.5, 0.6) is 0 Å². The number of ether oxygens (including phenoxy) is 1. The predicted molar refractivity (Wildman–Crippen MR) is 89.1 cm³/mol. The Labute approximate surface area is 137 Å². The first kappa shape index (κ1) is 17.4. The van der Waals surface area contributed by atoms with Crippen LogP contribution < -0.4 is 10.6 Å². The topological polar surface area (TPSA) is 70.7 Å². The fraction of sp³-hybridized carbons (Fsp3) is 0.529. The molecular weight excluding hydrogens is 294 g/mol. The van der Waals surface area contributed by atoms with E-state index in [-0.39, 0.29) is 17.9 Å². The maximum absolute atomic E-state index is 12.0. The van der Waals surface area contributed by atoms with E-state index in [4.69, 9.17) is 4.74 Å². The normalized spacial score (nSPS) is 18.4. The fourth-order valence-corrected chi connectivity index (χ4v) is 2.72. The number of rotatable bonds is 6. The maximum atomic E-state index is 12.0. The Morgan fingerprint density at radius 1 is 1.30 bits per heavy atom. The molecule has 1 unspecified atom stereocenters. The molecule has 1 aliphatic rings. The summed E-state index contributed by atoms with van der Waals surface area (Å²) in [6.07, 6.45) is 2.36. The van der Waals surface area contributed by atoms with Crippen molar-refractivity contribution < 1.29 is 14.3 Å². The average molecular weight is 319 g/mol. The van der Waals surface area contributed by atoms with Gasteiger partial charge in [0.05, 0.1) is 12.6 Å². The predicted octanol–water partition coefficient (Wildman–Crippen LogP) is 1.37. The fourth-order valence-electron chi connectivity index (χ4n) is 2.72. The van der Waals surface area contributed by atoms with Crippen LogP contribution >= 0.6 is 0 Å². The van der Waals surface area contributed by atoms with Crippen molar-refractivity contribution in [3.05, 3.63) is 29.8 Å². The van der Waals surface area contributed by atoms with Crippen LogP contribution in [0.4, 0.5) is 5.69 Å². The number of benzene rings is 1. The van der Waals surface area contributed by atoms with Crippen molar-refractivity contribution in [1.82, 2.24) is 10.2 Å². The molecule has 0 spiro atoms. The number of hydrogen-bond acceptors (Lipinski definition) is 4. The van der Waals surface area contributed by atoms with Crippen molar-refractivity contribution in [1.29, 1.82) is 0 Å². The number of anilines is 1. The highest BCUT2D eigenvalue weighted by Gasteiger charge is 2.20. The first-order valence-electron chi connectivity index (χ1n) is 7.95. The summed E-state index contributed by atoms with van der Waals surface area (Å²) in [5.74, 6) is -0.0744. The minimum atomic E-state index is -0.0954. The summed E-state index contributed by atoms with van der Waals surface area (Å²) >= 11 is 0. The van der Waals surface area contributed by atoms with E-state index in [0.717, 1.165) is 37.2 Å². The van der Waals surface area contributed by atoms with Gasteiger partial charge in [-0.15, -0.1) is 0 Å². The van der Waals surface area contributed by atoms with Crippen molar-refractivity contribution in [2.24, 2.45) is 0 Å². The van der Waals surface area contributed by atoms with E-state index >= 15 is 0 Å². The zero-order chi connectivity index (χ0) is 16.7. The van der Waals surface area contributed by atoms with Crippen LogP contribution in [-0.4, -0.2) is 49.6 Å². The Hall–Kier alpha value is -1.92. The SMILES string of the molecule is COC1CCCN(CC(=O)NCc2ccc(NC(C)=O)cc2)C1. The molecule has 1 aromatic carbocycles. The highest BCUT2D eigenvalue weighted by molar-refractivity contribution is 5.88. The molecule has 1 atom stereocenters. The summed E-state index contributed by atoms with van der Waals surface area (Å²) in [6, 6.07) is 7.45. The van der Waals surface area contributed by atoms with Gasteiger partial charge in [0, 0.05) is 32.8 Å². The zero-order valence-electron chi connectivity index (χ0n) is 13.8. The molecular formula is C17H25N3O3. The summed E-state index contributed by atoms with van der Waals surface area (Å²) in [5.41, 5.74) is 1.76. The molecule has 1 aliphatic heterocycles.